The first-order valence-electron chi connectivity index (χ1n) is 10.6. The monoisotopic (exact) mass is 389 g/mol. The van der Waals surface area contributed by atoms with Crippen molar-refractivity contribution in [3.8, 4) is 11.5 Å². The summed E-state index contributed by atoms with van der Waals surface area (Å²) >= 11 is 0. The average Bonchev–Trinajstić information content (AvgIpc) is 3.24. The van der Waals surface area contributed by atoms with E-state index in [4.69, 9.17) is 14.2 Å². The molecule has 0 atom stereocenters. The molecule has 0 unspecified atom stereocenters. The van der Waals surface area contributed by atoms with Crippen LogP contribution in [0.15, 0.2) is 23.2 Å². The maximum absolute atomic E-state index is 6.13. The van der Waals surface area contributed by atoms with E-state index in [-0.39, 0.29) is 0 Å². The van der Waals surface area contributed by atoms with Crippen LogP contribution in [-0.4, -0.2) is 56.9 Å². The fourth-order valence-electron chi connectivity index (χ4n) is 4.09. The first kappa shape index (κ1) is 20.8. The molecule has 6 nitrogen and oxygen atoms in total. The number of likely N-dealkylation sites (tertiary alicyclic amines) is 1. The van der Waals surface area contributed by atoms with Crippen LogP contribution in [0.2, 0.25) is 0 Å². The minimum absolute atomic E-state index is 0.330. The highest BCUT2D eigenvalue weighted by Crippen LogP contribution is 2.32. The summed E-state index contributed by atoms with van der Waals surface area (Å²) in [6, 6.07) is 6.20. The van der Waals surface area contributed by atoms with Crippen molar-refractivity contribution in [2.75, 3.05) is 33.9 Å². The largest absolute Gasteiger partial charge is 0.493 e. The Morgan fingerprint density at radius 3 is 2.50 bits per heavy atom. The van der Waals surface area contributed by atoms with E-state index in [0.29, 0.717) is 18.8 Å². The lowest BCUT2D eigenvalue weighted by atomic mass is 10.1. The third kappa shape index (κ3) is 5.53. The molecule has 1 aromatic carbocycles. The number of piperidine rings is 1. The molecule has 2 aliphatic rings. The molecule has 0 radical (unpaired) electrons. The fourth-order valence-corrected chi connectivity index (χ4v) is 4.09. The van der Waals surface area contributed by atoms with Crippen LogP contribution in [0.3, 0.4) is 0 Å². The van der Waals surface area contributed by atoms with E-state index < -0.39 is 0 Å². The van der Waals surface area contributed by atoms with Gasteiger partial charge in [-0.1, -0.05) is 6.07 Å². The van der Waals surface area contributed by atoms with Gasteiger partial charge in [0.2, 0.25) is 0 Å². The van der Waals surface area contributed by atoms with Crippen LogP contribution >= 0.6 is 0 Å². The molecule has 1 saturated heterocycles. The average molecular weight is 390 g/mol. The van der Waals surface area contributed by atoms with E-state index in [1.807, 2.05) is 13.1 Å². The molecule has 6 heteroatoms. The number of ether oxygens (including phenoxy) is 3. The van der Waals surface area contributed by atoms with Crippen molar-refractivity contribution in [1.82, 2.24) is 10.2 Å². The number of aliphatic imine (C=N–C) groups is 1. The van der Waals surface area contributed by atoms with Gasteiger partial charge in [-0.15, -0.1) is 0 Å². The second kappa shape index (κ2) is 10.6. The fraction of sp³-hybridized carbons (Fsp3) is 0.682. The molecule has 3 rings (SSSR count). The van der Waals surface area contributed by atoms with Crippen molar-refractivity contribution >= 4 is 5.96 Å². The van der Waals surface area contributed by atoms with Crippen LogP contribution in [0, 0.1) is 0 Å². The lowest BCUT2D eigenvalue weighted by Crippen LogP contribution is -2.46. The Hall–Kier alpha value is -1.95. The maximum atomic E-state index is 6.13. The first-order chi connectivity index (χ1) is 13.7. The lowest BCUT2D eigenvalue weighted by molar-refractivity contribution is 0.0263. The molecule has 2 fully saturated rings. The molecule has 156 valence electrons. The van der Waals surface area contributed by atoms with Crippen molar-refractivity contribution in [3.63, 3.8) is 0 Å². The summed E-state index contributed by atoms with van der Waals surface area (Å²) in [6.45, 7) is 5.51. The third-order valence-corrected chi connectivity index (χ3v) is 5.63. The van der Waals surface area contributed by atoms with Crippen molar-refractivity contribution < 1.29 is 14.2 Å². The summed E-state index contributed by atoms with van der Waals surface area (Å²) in [6.07, 6.45) is 7.62. The number of guanidine groups is 1. The van der Waals surface area contributed by atoms with E-state index in [0.717, 1.165) is 68.4 Å². The molecule has 0 amide bonds. The molecule has 0 bridgehead atoms. The molecule has 1 aliphatic carbocycles. The minimum Gasteiger partial charge on any atom is -0.493 e. The number of benzene rings is 1. The van der Waals surface area contributed by atoms with Gasteiger partial charge in [-0.25, -0.2) is 0 Å². The van der Waals surface area contributed by atoms with Gasteiger partial charge in [-0.2, -0.15) is 0 Å². The predicted molar refractivity (Wildman–Crippen MR) is 112 cm³/mol. The van der Waals surface area contributed by atoms with Gasteiger partial charge in [0, 0.05) is 33.3 Å². The van der Waals surface area contributed by atoms with Crippen molar-refractivity contribution in [1.29, 1.82) is 0 Å². The van der Waals surface area contributed by atoms with Gasteiger partial charge in [0.05, 0.1) is 19.3 Å². The highest BCUT2D eigenvalue weighted by Gasteiger charge is 2.22. The minimum atomic E-state index is 0.330. The number of nitrogens with zero attached hydrogens (tertiary/aromatic N) is 2. The summed E-state index contributed by atoms with van der Waals surface area (Å²) in [5.74, 6) is 2.60. The standard InChI is InChI=1S/C22H35N3O3/c1-4-27-18-11-13-25(14-12-18)22(23-2)24-16-17-9-10-20(21(15-17)26-3)28-19-7-5-6-8-19/h9-10,15,18-19H,4-8,11-14,16H2,1-3H3,(H,23,24). The van der Waals surface area contributed by atoms with Crippen LogP contribution < -0.4 is 14.8 Å². The van der Waals surface area contributed by atoms with Crippen molar-refractivity contribution in [3.05, 3.63) is 23.8 Å². The van der Waals surface area contributed by atoms with Crippen LogP contribution in [0.4, 0.5) is 0 Å². The quantitative estimate of drug-likeness (QED) is 0.570. The van der Waals surface area contributed by atoms with Gasteiger partial charge in [0.25, 0.3) is 0 Å². The van der Waals surface area contributed by atoms with E-state index in [9.17, 15) is 0 Å². The van der Waals surface area contributed by atoms with E-state index in [2.05, 4.69) is 34.3 Å². The zero-order valence-electron chi connectivity index (χ0n) is 17.6. The zero-order chi connectivity index (χ0) is 19.8. The van der Waals surface area contributed by atoms with E-state index >= 15 is 0 Å². The number of nitrogens with one attached hydrogen (secondary N) is 1. The van der Waals surface area contributed by atoms with E-state index in [1.165, 1.54) is 12.8 Å². The number of rotatable bonds is 7. The molecule has 1 aromatic rings. The van der Waals surface area contributed by atoms with Gasteiger partial charge in [0.15, 0.2) is 17.5 Å². The molecule has 1 saturated carbocycles. The van der Waals surface area contributed by atoms with Crippen LogP contribution in [0.25, 0.3) is 0 Å². The Balaban J connectivity index is 1.54. The highest BCUT2D eigenvalue weighted by molar-refractivity contribution is 5.80. The Morgan fingerprint density at radius 2 is 1.86 bits per heavy atom. The van der Waals surface area contributed by atoms with Gasteiger partial charge < -0.3 is 24.4 Å². The van der Waals surface area contributed by atoms with Crippen LogP contribution in [0.5, 0.6) is 11.5 Å². The van der Waals surface area contributed by atoms with Gasteiger partial charge >= 0.3 is 0 Å². The van der Waals surface area contributed by atoms with Crippen molar-refractivity contribution in [2.24, 2.45) is 4.99 Å². The highest BCUT2D eigenvalue weighted by atomic mass is 16.5. The number of hydrogen-bond acceptors (Lipinski definition) is 4. The number of hydrogen-bond donors (Lipinski definition) is 1. The topological polar surface area (TPSA) is 55.3 Å². The summed E-state index contributed by atoms with van der Waals surface area (Å²) in [5.41, 5.74) is 1.15. The normalized spacial score (nSPS) is 19.1. The predicted octanol–water partition coefficient (Wildman–Crippen LogP) is 3.59. The second-order valence-electron chi connectivity index (χ2n) is 7.55. The molecule has 1 N–H and O–H groups in total. The van der Waals surface area contributed by atoms with Gasteiger partial charge in [-0.3, -0.25) is 4.99 Å². The molecule has 1 aliphatic heterocycles. The molecule has 1 heterocycles. The lowest BCUT2D eigenvalue weighted by Gasteiger charge is -2.34. The third-order valence-electron chi connectivity index (χ3n) is 5.63. The summed E-state index contributed by atoms with van der Waals surface area (Å²) in [7, 11) is 3.55. The zero-order valence-corrected chi connectivity index (χ0v) is 17.6. The smallest absolute Gasteiger partial charge is 0.193 e. The molecule has 0 aromatic heterocycles. The van der Waals surface area contributed by atoms with E-state index in [1.54, 1.807) is 7.11 Å². The Labute approximate surface area is 169 Å². The van der Waals surface area contributed by atoms with Crippen LogP contribution in [-0.2, 0) is 11.3 Å². The SMILES string of the molecule is CCOC1CCN(C(=NC)NCc2ccc(OC3CCCC3)c(OC)c2)CC1. The van der Waals surface area contributed by atoms with Crippen LogP contribution in [0.1, 0.15) is 51.0 Å². The molecular weight excluding hydrogens is 354 g/mol. The Kier molecular flexibility index (Phi) is 7.83. The first-order valence-corrected chi connectivity index (χ1v) is 10.6. The second-order valence-corrected chi connectivity index (χ2v) is 7.55. The summed E-state index contributed by atoms with van der Waals surface area (Å²) in [5, 5.41) is 3.48. The number of methoxy groups -OCH3 is 1. The maximum Gasteiger partial charge on any atom is 0.193 e. The van der Waals surface area contributed by atoms with Gasteiger partial charge in [-0.05, 0) is 63.1 Å². The Morgan fingerprint density at radius 1 is 1.11 bits per heavy atom. The van der Waals surface area contributed by atoms with Gasteiger partial charge in [0.1, 0.15) is 0 Å². The molecule has 0 spiro atoms. The molecular formula is C22H35N3O3. The summed E-state index contributed by atoms with van der Waals surface area (Å²) in [4.78, 5) is 6.77. The Bertz CT molecular complexity index is 636. The van der Waals surface area contributed by atoms with Crippen molar-refractivity contribution in [2.45, 2.75) is 64.2 Å². The summed E-state index contributed by atoms with van der Waals surface area (Å²) < 4.78 is 17.5. The molecule has 28 heavy (non-hydrogen) atoms.